The van der Waals surface area contributed by atoms with Crippen LogP contribution < -0.4 is 30.8 Å². The van der Waals surface area contributed by atoms with Gasteiger partial charge >= 0.3 is 0 Å². The maximum absolute atomic E-state index is 6.91. The second-order valence-electron chi connectivity index (χ2n) is 12.7. The van der Waals surface area contributed by atoms with Gasteiger partial charge in [0.25, 0.3) is 6.71 Å². The molecular formula is C37H28BNO2. The third-order valence-electron chi connectivity index (χ3n) is 10.4. The molecule has 0 radical (unpaired) electrons. The molecule has 0 saturated heterocycles. The average Bonchev–Trinajstić information content (AvgIpc) is 2.93. The normalized spacial score (nSPS) is 17.1. The number of fused-ring (bicyclic) bond motifs is 10. The molecule has 3 nitrogen and oxygen atoms in total. The summed E-state index contributed by atoms with van der Waals surface area (Å²) in [7, 11) is 0. The standard InChI is InChI=1S/C37H28BNO2/c1-37(2)26-7-3-5-9-30(26)39(31-10-6-4-8-27(31)37)23-19-32-34-33(20-23)41-36-25-16-12-22(25)14-18-29(36)38(34)28-17-13-21-11-15-24(21)35(28)40-32/h3-10,13-14,17-20H,11-12,15-16H2,1-2H3. The van der Waals surface area contributed by atoms with Crippen LogP contribution in [0.1, 0.15) is 47.2 Å². The monoisotopic (exact) mass is 529 g/mol. The van der Waals surface area contributed by atoms with Gasteiger partial charge in [-0.15, -0.1) is 0 Å². The number of rotatable bonds is 1. The molecule has 0 aromatic heterocycles. The number of aryl methyl sites for hydroxylation is 2. The molecule has 0 fully saturated rings. The molecular weight excluding hydrogens is 501 g/mol. The van der Waals surface area contributed by atoms with Crippen molar-refractivity contribution < 1.29 is 9.47 Å². The first kappa shape index (κ1) is 22.3. The first-order chi connectivity index (χ1) is 20.1. The Balaban J connectivity index is 1.25. The topological polar surface area (TPSA) is 21.7 Å². The summed E-state index contributed by atoms with van der Waals surface area (Å²) in [6.45, 7) is 4.79. The van der Waals surface area contributed by atoms with Crippen molar-refractivity contribution in [3.63, 3.8) is 0 Å². The Bertz CT molecular complexity index is 1870. The molecule has 0 unspecified atom stereocenters. The van der Waals surface area contributed by atoms with Gasteiger partial charge in [0.2, 0.25) is 0 Å². The van der Waals surface area contributed by atoms with Gasteiger partial charge in [-0.05, 0) is 82.1 Å². The van der Waals surface area contributed by atoms with Crippen molar-refractivity contribution in [1.29, 1.82) is 0 Å². The number of ether oxygens (including phenoxy) is 2. The fourth-order valence-electron chi connectivity index (χ4n) is 8.07. The van der Waals surface area contributed by atoms with Crippen molar-refractivity contribution in [3.8, 4) is 23.0 Å². The number of hydrogen-bond donors (Lipinski definition) is 0. The largest absolute Gasteiger partial charge is 0.458 e. The minimum atomic E-state index is -0.104. The van der Waals surface area contributed by atoms with Gasteiger partial charge in [-0.25, -0.2) is 0 Å². The lowest BCUT2D eigenvalue weighted by atomic mass is 9.34. The predicted molar refractivity (Wildman–Crippen MR) is 166 cm³/mol. The average molecular weight is 529 g/mol. The van der Waals surface area contributed by atoms with Gasteiger partial charge in [0.05, 0.1) is 17.1 Å². The summed E-state index contributed by atoms with van der Waals surface area (Å²) in [4.78, 5) is 2.41. The van der Waals surface area contributed by atoms with Gasteiger partial charge in [0, 0.05) is 23.0 Å². The minimum absolute atomic E-state index is 0.104. The smallest absolute Gasteiger partial charge is 0.260 e. The summed E-state index contributed by atoms with van der Waals surface area (Å²) in [6.07, 6.45) is 4.45. The summed E-state index contributed by atoms with van der Waals surface area (Å²) < 4.78 is 13.8. The Hall–Kier alpha value is -4.44. The Morgan fingerprint density at radius 2 is 1.15 bits per heavy atom. The summed E-state index contributed by atoms with van der Waals surface area (Å²) in [5.74, 6) is 3.99. The Morgan fingerprint density at radius 1 is 0.634 bits per heavy atom. The van der Waals surface area contributed by atoms with E-state index in [-0.39, 0.29) is 12.1 Å². The van der Waals surface area contributed by atoms with E-state index in [0.29, 0.717) is 0 Å². The highest BCUT2D eigenvalue weighted by Crippen LogP contribution is 2.53. The molecule has 4 heteroatoms. The Kier molecular flexibility index (Phi) is 4.04. The number of hydrogen-bond acceptors (Lipinski definition) is 3. The van der Waals surface area contributed by atoms with Crippen molar-refractivity contribution in [2.75, 3.05) is 4.90 Å². The van der Waals surface area contributed by atoms with Crippen molar-refractivity contribution in [2.24, 2.45) is 0 Å². The van der Waals surface area contributed by atoms with E-state index in [1.165, 1.54) is 55.7 Å². The molecule has 2 aliphatic carbocycles. The number of benzene rings is 5. The lowest BCUT2D eigenvalue weighted by Crippen LogP contribution is -2.58. The molecule has 0 bridgehead atoms. The van der Waals surface area contributed by atoms with E-state index >= 15 is 0 Å². The predicted octanol–water partition coefficient (Wildman–Crippen LogP) is 6.72. The van der Waals surface area contributed by atoms with E-state index in [2.05, 4.69) is 104 Å². The first-order valence-corrected chi connectivity index (χ1v) is 14.9. The third-order valence-corrected chi connectivity index (χ3v) is 10.4. The zero-order valence-electron chi connectivity index (χ0n) is 23.3. The Morgan fingerprint density at radius 3 is 1.63 bits per heavy atom. The van der Waals surface area contributed by atoms with Crippen molar-refractivity contribution in [2.45, 2.75) is 44.9 Å². The highest BCUT2D eigenvalue weighted by Gasteiger charge is 2.44. The first-order valence-electron chi connectivity index (χ1n) is 14.9. The zero-order chi connectivity index (χ0) is 27.0. The van der Waals surface area contributed by atoms with Crippen LogP contribution in [-0.4, -0.2) is 6.71 Å². The summed E-state index contributed by atoms with van der Waals surface area (Å²) in [6, 6.07) is 31.4. The summed E-state index contributed by atoms with van der Waals surface area (Å²) >= 11 is 0. The fourth-order valence-corrected chi connectivity index (χ4v) is 8.07. The van der Waals surface area contributed by atoms with Gasteiger partial charge in [0.1, 0.15) is 23.0 Å². The van der Waals surface area contributed by atoms with Crippen LogP contribution in [0.4, 0.5) is 17.1 Å². The van der Waals surface area contributed by atoms with E-state index in [4.69, 9.17) is 9.47 Å². The third kappa shape index (κ3) is 2.71. The molecule has 3 heterocycles. The molecule has 5 aliphatic rings. The number of para-hydroxylation sites is 2. The van der Waals surface area contributed by atoms with Crippen LogP contribution in [0, 0.1) is 0 Å². The maximum Gasteiger partial charge on any atom is 0.260 e. The summed E-state index contributed by atoms with van der Waals surface area (Å²) in [5.41, 5.74) is 15.4. The molecule has 196 valence electrons. The zero-order valence-corrected chi connectivity index (χ0v) is 23.3. The van der Waals surface area contributed by atoms with E-state index in [0.717, 1.165) is 59.8 Å². The van der Waals surface area contributed by atoms with Crippen LogP contribution in [-0.2, 0) is 31.1 Å². The molecule has 41 heavy (non-hydrogen) atoms. The lowest BCUT2D eigenvalue weighted by Gasteiger charge is -2.43. The lowest BCUT2D eigenvalue weighted by molar-refractivity contribution is 0.453. The van der Waals surface area contributed by atoms with Crippen LogP contribution >= 0.6 is 0 Å². The second kappa shape index (κ2) is 7.44. The SMILES string of the molecule is CC1(C)c2ccccc2N(c2cc3c4c(c2)Oc2c(ccc5c2CC5)B4c2ccc4c(c2O3)CC4)c2ccccc21. The van der Waals surface area contributed by atoms with Gasteiger partial charge in [-0.2, -0.15) is 0 Å². The van der Waals surface area contributed by atoms with Crippen LogP contribution in [0.15, 0.2) is 84.9 Å². The van der Waals surface area contributed by atoms with E-state index in [9.17, 15) is 0 Å². The number of nitrogens with zero attached hydrogens (tertiary/aromatic N) is 1. The van der Waals surface area contributed by atoms with Crippen LogP contribution in [0.3, 0.4) is 0 Å². The van der Waals surface area contributed by atoms with E-state index in [1.54, 1.807) is 0 Å². The molecule has 0 amide bonds. The molecule has 0 N–H and O–H groups in total. The molecule has 0 atom stereocenters. The van der Waals surface area contributed by atoms with Crippen molar-refractivity contribution in [3.05, 3.63) is 118 Å². The van der Waals surface area contributed by atoms with Crippen LogP contribution in [0.2, 0.25) is 0 Å². The van der Waals surface area contributed by atoms with Gasteiger partial charge in [-0.3, -0.25) is 0 Å². The van der Waals surface area contributed by atoms with Crippen molar-refractivity contribution in [1.82, 2.24) is 0 Å². The highest BCUT2D eigenvalue weighted by molar-refractivity contribution is 6.98. The van der Waals surface area contributed by atoms with Crippen molar-refractivity contribution >= 4 is 40.2 Å². The summed E-state index contributed by atoms with van der Waals surface area (Å²) in [5, 5.41) is 0. The molecule has 0 spiro atoms. The molecule has 10 rings (SSSR count). The second-order valence-corrected chi connectivity index (χ2v) is 12.7. The van der Waals surface area contributed by atoms with E-state index in [1.807, 2.05) is 0 Å². The molecule has 3 aliphatic heterocycles. The minimum Gasteiger partial charge on any atom is -0.458 e. The van der Waals surface area contributed by atoms with Crippen LogP contribution in [0.5, 0.6) is 23.0 Å². The molecule has 0 saturated carbocycles. The van der Waals surface area contributed by atoms with Gasteiger partial charge in [-0.1, -0.05) is 74.5 Å². The van der Waals surface area contributed by atoms with Crippen LogP contribution in [0.25, 0.3) is 0 Å². The fraction of sp³-hybridized carbons (Fsp3) is 0.189. The maximum atomic E-state index is 6.91. The Labute approximate surface area is 240 Å². The van der Waals surface area contributed by atoms with Gasteiger partial charge < -0.3 is 14.4 Å². The molecule has 5 aromatic carbocycles. The molecule has 5 aromatic rings. The van der Waals surface area contributed by atoms with E-state index < -0.39 is 0 Å². The number of anilines is 3. The highest BCUT2D eigenvalue weighted by atomic mass is 16.5. The van der Waals surface area contributed by atoms with Gasteiger partial charge in [0.15, 0.2) is 0 Å². The quantitative estimate of drug-likeness (QED) is 0.221.